The Balaban J connectivity index is 0.995. The summed E-state index contributed by atoms with van der Waals surface area (Å²) >= 11 is 2.00. The zero-order chi connectivity index (χ0) is 41.8. The predicted molar refractivity (Wildman–Crippen MR) is 267 cm³/mol. The topological polar surface area (TPSA) is 6.48 Å². The van der Waals surface area contributed by atoms with Crippen molar-refractivity contribution in [2.75, 3.05) is 9.80 Å². The van der Waals surface area contributed by atoms with Crippen molar-refractivity contribution in [1.29, 1.82) is 0 Å². The Morgan fingerprint density at radius 3 is 1.38 bits per heavy atom. The average molecular weight is 823 g/mol. The standard InChI is InChI=1S/C57H50N2SSi/c1-56(2)50-35-43(58(39-17-10-8-11-18-39)41-24-29-45(30-25-41)61(5,6)7)27-32-48(50)54-52(56)53-55(60-54)49-33-28-44(36-51(49)57(53,3)4)59(40-19-12-9-13-20-40)42-26-31-47-38(34-42)23-22-37-16-14-15-21-46(37)47/h8-36H,1-7H3. The minimum atomic E-state index is -1.43. The number of rotatable bonds is 7. The van der Waals surface area contributed by atoms with E-state index in [0.717, 1.165) is 11.4 Å². The van der Waals surface area contributed by atoms with Gasteiger partial charge in [-0.25, -0.2) is 0 Å². The van der Waals surface area contributed by atoms with Gasteiger partial charge in [-0.15, -0.1) is 11.3 Å². The first kappa shape index (κ1) is 37.8. The van der Waals surface area contributed by atoms with Crippen molar-refractivity contribution in [3.8, 4) is 20.9 Å². The van der Waals surface area contributed by atoms with Crippen molar-refractivity contribution in [2.24, 2.45) is 0 Å². The molecule has 2 nitrogen and oxygen atoms in total. The minimum Gasteiger partial charge on any atom is -0.310 e. The molecule has 2 aliphatic rings. The maximum absolute atomic E-state index is 2.48. The van der Waals surface area contributed by atoms with Gasteiger partial charge in [0.1, 0.15) is 0 Å². The lowest BCUT2D eigenvalue weighted by atomic mass is 9.74. The van der Waals surface area contributed by atoms with E-state index in [9.17, 15) is 0 Å². The monoisotopic (exact) mass is 822 g/mol. The third kappa shape index (κ3) is 5.87. The summed E-state index contributed by atoms with van der Waals surface area (Å²) < 4.78 is 0. The summed E-state index contributed by atoms with van der Waals surface area (Å²) in [6, 6.07) is 65.6. The molecule has 0 saturated carbocycles. The van der Waals surface area contributed by atoms with E-state index >= 15 is 0 Å². The Kier molecular flexibility index (Phi) is 8.45. The second-order valence-corrected chi connectivity index (χ2v) is 25.1. The van der Waals surface area contributed by atoms with Crippen LogP contribution in [0.1, 0.15) is 49.9 Å². The number of nitrogens with zero attached hydrogens (tertiary/aromatic N) is 2. The van der Waals surface area contributed by atoms with Crippen LogP contribution in [-0.2, 0) is 10.8 Å². The van der Waals surface area contributed by atoms with Gasteiger partial charge in [0, 0.05) is 54.7 Å². The molecule has 0 atom stereocenters. The number of hydrogen-bond donors (Lipinski definition) is 0. The van der Waals surface area contributed by atoms with E-state index in [4.69, 9.17) is 0 Å². The second-order valence-electron chi connectivity index (χ2n) is 19.1. The van der Waals surface area contributed by atoms with Crippen LogP contribution in [0.25, 0.3) is 42.4 Å². The number of hydrogen-bond acceptors (Lipinski definition) is 3. The molecule has 11 rings (SSSR count). The second kappa shape index (κ2) is 13.7. The van der Waals surface area contributed by atoms with Crippen molar-refractivity contribution >= 4 is 80.3 Å². The lowest BCUT2D eigenvalue weighted by Crippen LogP contribution is -2.37. The van der Waals surface area contributed by atoms with Crippen molar-refractivity contribution < 1.29 is 0 Å². The summed E-state index contributed by atoms with van der Waals surface area (Å²) in [5.41, 5.74) is 15.2. The van der Waals surface area contributed by atoms with E-state index in [2.05, 4.69) is 233 Å². The van der Waals surface area contributed by atoms with Crippen LogP contribution in [0, 0.1) is 0 Å². The summed E-state index contributed by atoms with van der Waals surface area (Å²) in [5, 5.41) is 6.56. The van der Waals surface area contributed by atoms with E-state index in [1.807, 2.05) is 11.3 Å². The summed E-state index contributed by atoms with van der Waals surface area (Å²) in [7, 11) is -1.43. The zero-order valence-corrected chi connectivity index (χ0v) is 37.9. The summed E-state index contributed by atoms with van der Waals surface area (Å²) in [6.45, 7) is 17.1. The number of benzene rings is 8. The first-order chi connectivity index (χ1) is 29.4. The van der Waals surface area contributed by atoms with Gasteiger partial charge in [-0.2, -0.15) is 0 Å². The third-order valence-electron chi connectivity index (χ3n) is 13.5. The predicted octanol–water partition coefficient (Wildman–Crippen LogP) is 16.2. The number of anilines is 6. The van der Waals surface area contributed by atoms with Gasteiger partial charge < -0.3 is 9.80 Å². The van der Waals surface area contributed by atoms with Gasteiger partial charge in [0.15, 0.2) is 0 Å². The van der Waals surface area contributed by atoms with E-state index < -0.39 is 8.07 Å². The molecule has 0 amide bonds. The molecule has 1 heterocycles. The molecule has 61 heavy (non-hydrogen) atoms. The van der Waals surface area contributed by atoms with Crippen molar-refractivity contribution in [2.45, 2.75) is 58.2 Å². The molecular formula is C57H50N2SSi. The quantitative estimate of drug-likeness (QED) is 0.117. The molecule has 0 N–H and O–H groups in total. The number of thiophene rings is 1. The van der Waals surface area contributed by atoms with Crippen molar-refractivity contribution in [3.05, 3.63) is 198 Å². The summed E-state index contributed by atoms with van der Waals surface area (Å²) in [6.07, 6.45) is 0. The number of para-hydroxylation sites is 2. The normalized spacial score (nSPS) is 14.4. The van der Waals surface area contributed by atoms with Gasteiger partial charge in [-0.1, -0.05) is 156 Å². The molecule has 0 radical (unpaired) electrons. The molecule has 0 fully saturated rings. The van der Waals surface area contributed by atoms with Gasteiger partial charge in [-0.3, -0.25) is 0 Å². The third-order valence-corrected chi connectivity index (χ3v) is 16.8. The molecule has 0 spiro atoms. The van der Waals surface area contributed by atoms with Crippen LogP contribution in [0.3, 0.4) is 0 Å². The highest BCUT2D eigenvalue weighted by atomic mass is 32.1. The SMILES string of the molecule is CC1(C)c2cc(N(c3ccccc3)c3ccc([Si](C)(C)C)cc3)ccc2-c2sc3c(c21)C(C)(C)c1cc(N(c2ccccc2)c2ccc4c(ccc5ccccc54)c2)ccc1-3. The Labute approximate surface area is 365 Å². The Morgan fingerprint density at radius 2 is 0.820 bits per heavy atom. The zero-order valence-electron chi connectivity index (χ0n) is 36.0. The molecule has 8 aromatic carbocycles. The smallest absolute Gasteiger partial charge is 0.0775 e. The first-order valence-electron chi connectivity index (χ1n) is 21.6. The van der Waals surface area contributed by atoms with Gasteiger partial charge >= 0.3 is 0 Å². The molecular weight excluding hydrogens is 773 g/mol. The van der Waals surface area contributed by atoms with Crippen LogP contribution in [0.5, 0.6) is 0 Å². The molecule has 4 heteroatoms. The van der Waals surface area contributed by atoms with E-state index in [1.165, 1.54) is 92.6 Å². The Bertz CT molecular complexity index is 3170. The fraction of sp³-hybridized carbons (Fsp3) is 0.158. The highest BCUT2D eigenvalue weighted by Crippen LogP contribution is 2.64. The molecule has 0 unspecified atom stereocenters. The number of fused-ring (bicyclic) bond motifs is 10. The van der Waals surface area contributed by atoms with Gasteiger partial charge in [0.25, 0.3) is 0 Å². The summed E-state index contributed by atoms with van der Waals surface area (Å²) in [5.74, 6) is 0. The molecule has 9 aromatic rings. The lowest BCUT2D eigenvalue weighted by Gasteiger charge is -2.31. The first-order valence-corrected chi connectivity index (χ1v) is 25.9. The molecule has 1 aromatic heterocycles. The maximum atomic E-state index is 2.48. The van der Waals surface area contributed by atoms with Gasteiger partial charge in [0.05, 0.1) is 8.07 Å². The van der Waals surface area contributed by atoms with Crippen LogP contribution in [-0.4, -0.2) is 8.07 Å². The Morgan fingerprint density at radius 1 is 0.393 bits per heavy atom. The van der Waals surface area contributed by atoms with Crippen LogP contribution in [0.15, 0.2) is 176 Å². The highest BCUT2D eigenvalue weighted by Gasteiger charge is 2.48. The minimum absolute atomic E-state index is 0.178. The molecule has 0 bridgehead atoms. The van der Waals surface area contributed by atoms with Crippen LogP contribution in [0.4, 0.5) is 34.1 Å². The Hall–Kier alpha value is -6.20. The van der Waals surface area contributed by atoms with E-state index in [-0.39, 0.29) is 10.8 Å². The highest BCUT2D eigenvalue weighted by molar-refractivity contribution is 7.19. The van der Waals surface area contributed by atoms with Crippen molar-refractivity contribution in [3.63, 3.8) is 0 Å². The average Bonchev–Trinajstić information content (AvgIpc) is 3.85. The fourth-order valence-electron chi connectivity index (χ4n) is 10.3. The van der Waals surface area contributed by atoms with Gasteiger partial charge in [0.2, 0.25) is 0 Å². The molecule has 298 valence electrons. The van der Waals surface area contributed by atoms with Crippen LogP contribution in [0.2, 0.25) is 19.6 Å². The maximum Gasteiger partial charge on any atom is 0.0775 e. The lowest BCUT2D eigenvalue weighted by molar-refractivity contribution is 0.603. The van der Waals surface area contributed by atoms with Crippen molar-refractivity contribution in [1.82, 2.24) is 0 Å². The molecule has 2 aliphatic carbocycles. The van der Waals surface area contributed by atoms with E-state index in [1.54, 1.807) is 0 Å². The molecule has 0 saturated heterocycles. The van der Waals surface area contributed by atoms with Crippen LogP contribution < -0.4 is 15.0 Å². The van der Waals surface area contributed by atoms with Crippen LogP contribution >= 0.6 is 11.3 Å². The molecule has 0 aliphatic heterocycles. The largest absolute Gasteiger partial charge is 0.310 e. The summed E-state index contributed by atoms with van der Waals surface area (Å²) in [4.78, 5) is 7.72. The van der Waals surface area contributed by atoms with Gasteiger partial charge in [-0.05, 0) is 128 Å². The fourth-order valence-corrected chi connectivity index (χ4v) is 13.2. The van der Waals surface area contributed by atoms with E-state index in [0.29, 0.717) is 0 Å².